The van der Waals surface area contributed by atoms with Crippen molar-refractivity contribution >= 4 is 27.3 Å². The summed E-state index contributed by atoms with van der Waals surface area (Å²) in [4.78, 5) is 2.88. The summed E-state index contributed by atoms with van der Waals surface area (Å²) >= 11 is 5.20. The van der Waals surface area contributed by atoms with Crippen molar-refractivity contribution in [2.45, 2.75) is 38.1 Å². The molecule has 1 aromatic heterocycles. The van der Waals surface area contributed by atoms with E-state index in [-0.39, 0.29) is 11.9 Å². The fourth-order valence-corrected chi connectivity index (χ4v) is 4.79. The molecule has 1 unspecified atom stereocenters. The molecule has 0 saturated heterocycles. The van der Waals surface area contributed by atoms with Gasteiger partial charge in [-0.2, -0.15) is 0 Å². The Bertz CT molecular complexity index is 614. The summed E-state index contributed by atoms with van der Waals surface area (Å²) in [6.45, 7) is 0. The fraction of sp³-hybridized carbons (Fsp3) is 0.412. The first-order valence-electron chi connectivity index (χ1n) is 7.42. The minimum atomic E-state index is -0.212. The molecule has 21 heavy (non-hydrogen) atoms. The lowest BCUT2D eigenvalue weighted by atomic mass is 10.0. The SMILES string of the molecule is CNC(c1ccc(F)c(Br)c1)c1cc2c(s1)CCCCC2. The summed E-state index contributed by atoms with van der Waals surface area (Å²) in [6.07, 6.45) is 6.37. The molecule has 1 aliphatic rings. The molecule has 1 atom stereocenters. The Morgan fingerprint density at radius 2 is 2.00 bits per heavy atom. The van der Waals surface area contributed by atoms with E-state index in [1.807, 2.05) is 30.5 Å². The van der Waals surface area contributed by atoms with Crippen molar-refractivity contribution in [2.24, 2.45) is 0 Å². The van der Waals surface area contributed by atoms with Crippen molar-refractivity contribution in [3.8, 4) is 0 Å². The van der Waals surface area contributed by atoms with Crippen LogP contribution in [-0.2, 0) is 12.8 Å². The summed E-state index contributed by atoms with van der Waals surface area (Å²) in [7, 11) is 1.97. The van der Waals surface area contributed by atoms with Crippen LogP contribution in [0.25, 0.3) is 0 Å². The van der Waals surface area contributed by atoms with Gasteiger partial charge in [-0.3, -0.25) is 0 Å². The minimum Gasteiger partial charge on any atom is -0.309 e. The third-order valence-electron chi connectivity index (χ3n) is 4.12. The monoisotopic (exact) mass is 367 g/mol. The number of hydrogen-bond acceptors (Lipinski definition) is 2. The highest BCUT2D eigenvalue weighted by atomic mass is 79.9. The molecule has 0 radical (unpaired) electrons. The van der Waals surface area contributed by atoms with Gasteiger partial charge in [-0.1, -0.05) is 12.5 Å². The molecule has 1 heterocycles. The number of halogens is 2. The van der Waals surface area contributed by atoms with E-state index in [4.69, 9.17) is 0 Å². The molecular formula is C17H19BrFNS. The summed E-state index contributed by atoms with van der Waals surface area (Å²) in [6, 6.07) is 7.76. The van der Waals surface area contributed by atoms with Gasteiger partial charge in [0, 0.05) is 9.75 Å². The van der Waals surface area contributed by atoms with Gasteiger partial charge in [0.15, 0.2) is 0 Å². The van der Waals surface area contributed by atoms with Gasteiger partial charge in [-0.25, -0.2) is 4.39 Å². The van der Waals surface area contributed by atoms with Crippen LogP contribution in [0.3, 0.4) is 0 Å². The molecule has 2 aromatic rings. The Balaban J connectivity index is 1.94. The predicted octanol–water partition coefficient (Wildman–Crippen LogP) is 5.23. The summed E-state index contributed by atoms with van der Waals surface area (Å²) in [5.74, 6) is -0.212. The molecule has 0 saturated carbocycles. The van der Waals surface area contributed by atoms with Crippen LogP contribution < -0.4 is 5.32 Å². The lowest BCUT2D eigenvalue weighted by Gasteiger charge is -2.15. The van der Waals surface area contributed by atoms with Crippen molar-refractivity contribution in [1.82, 2.24) is 5.32 Å². The van der Waals surface area contributed by atoms with E-state index in [0.717, 1.165) is 5.56 Å². The van der Waals surface area contributed by atoms with Crippen LogP contribution in [0.1, 0.15) is 46.2 Å². The zero-order valence-electron chi connectivity index (χ0n) is 12.1. The van der Waals surface area contributed by atoms with E-state index < -0.39 is 0 Å². The van der Waals surface area contributed by atoms with Crippen molar-refractivity contribution in [1.29, 1.82) is 0 Å². The van der Waals surface area contributed by atoms with Gasteiger partial charge < -0.3 is 5.32 Å². The molecule has 1 nitrogen and oxygen atoms in total. The third kappa shape index (κ3) is 3.22. The molecule has 0 amide bonds. The fourth-order valence-electron chi connectivity index (χ4n) is 3.00. The van der Waals surface area contributed by atoms with Gasteiger partial charge in [0.1, 0.15) is 5.82 Å². The summed E-state index contributed by atoms with van der Waals surface area (Å²) in [5.41, 5.74) is 2.62. The number of hydrogen-bond donors (Lipinski definition) is 1. The van der Waals surface area contributed by atoms with Crippen LogP contribution in [0.15, 0.2) is 28.7 Å². The first-order chi connectivity index (χ1) is 10.2. The van der Waals surface area contributed by atoms with E-state index in [2.05, 4.69) is 27.3 Å². The molecule has 0 bridgehead atoms. The van der Waals surface area contributed by atoms with Gasteiger partial charge in [0.05, 0.1) is 10.5 Å². The average molecular weight is 368 g/mol. The quantitative estimate of drug-likeness (QED) is 0.732. The Hall–Kier alpha value is -0.710. The highest BCUT2D eigenvalue weighted by Crippen LogP contribution is 2.35. The van der Waals surface area contributed by atoms with Crippen LogP contribution in [0.2, 0.25) is 0 Å². The number of rotatable bonds is 3. The zero-order valence-corrected chi connectivity index (χ0v) is 14.5. The van der Waals surface area contributed by atoms with Gasteiger partial charge in [-0.15, -0.1) is 11.3 Å². The first kappa shape index (κ1) is 15.2. The third-order valence-corrected chi connectivity index (χ3v) is 6.03. The Morgan fingerprint density at radius 1 is 1.19 bits per heavy atom. The van der Waals surface area contributed by atoms with Crippen molar-refractivity contribution in [3.05, 3.63) is 55.4 Å². The Labute approximate surface area is 137 Å². The number of thiophene rings is 1. The maximum Gasteiger partial charge on any atom is 0.137 e. The number of fused-ring (bicyclic) bond motifs is 1. The minimum absolute atomic E-state index is 0.138. The largest absolute Gasteiger partial charge is 0.309 e. The highest BCUT2D eigenvalue weighted by molar-refractivity contribution is 9.10. The highest BCUT2D eigenvalue weighted by Gasteiger charge is 2.19. The molecule has 1 aliphatic carbocycles. The van der Waals surface area contributed by atoms with Crippen LogP contribution >= 0.6 is 27.3 Å². The lowest BCUT2D eigenvalue weighted by Crippen LogP contribution is -2.16. The summed E-state index contributed by atoms with van der Waals surface area (Å²) in [5, 5.41) is 3.37. The van der Waals surface area contributed by atoms with Crippen LogP contribution in [-0.4, -0.2) is 7.05 Å². The molecular weight excluding hydrogens is 349 g/mol. The van der Waals surface area contributed by atoms with Crippen LogP contribution in [0, 0.1) is 5.82 Å². The first-order valence-corrected chi connectivity index (χ1v) is 9.03. The molecule has 1 aromatic carbocycles. The average Bonchev–Trinajstić information content (AvgIpc) is 2.74. The smallest absolute Gasteiger partial charge is 0.137 e. The second-order valence-electron chi connectivity index (χ2n) is 5.55. The van der Waals surface area contributed by atoms with E-state index in [1.54, 1.807) is 4.88 Å². The molecule has 112 valence electrons. The second-order valence-corrected chi connectivity index (χ2v) is 7.58. The van der Waals surface area contributed by atoms with Gasteiger partial charge in [0.2, 0.25) is 0 Å². The van der Waals surface area contributed by atoms with Crippen molar-refractivity contribution < 1.29 is 4.39 Å². The Morgan fingerprint density at radius 3 is 2.76 bits per heavy atom. The molecule has 0 fully saturated rings. The van der Waals surface area contributed by atoms with Crippen molar-refractivity contribution in [3.63, 3.8) is 0 Å². The van der Waals surface area contributed by atoms with Gasteiger partial charge >= 0.3 is 0 Å². The molecule has 0 aliphatic heterocycles. The lowest BCUT2D eigenvalue weighted by molar-refractivity contribution is 0.617. The molecule has 1 N–H and O–H groups in total. The Kier molecular flexibility index (Phi) is 4.77. The topological polar surface area (TPSA) is 12.0 Å². The maximum absolute atomic E-state index is 13.4. The normalized spacial score (nSPS) is 16.3. The van der Waals surface area contributed by atoms with E-state index in [0.29, 0.717) is 4.47 Å². The number of benzene rings is 1. The van der Waals surface area contributed by atoms with E-state index in [9.17, 15) is 4.39 Å². The molecule has 4 heteroatoms. The van der Waals surface area contributed by atoms with E-state index in [1.165, 1.54) is 48.6 Å². The van der Waals surface area contributed by atoms with Gasteiger partial charge in [-0.05, 0) is 78.0 Å². The maximum atomic E-state index is 13.4. The number of aryl methyl sites for hydroxylation is 2. The zero-order chi connectivity index (χ0) is 14.8. The number of nitrogens with one attached hydrogen (secondary N) is 1. The van der Waals surface area contributed by atoms with Crippen LogP contribution in [0.5, 0.6) is 0 Å². The standard InChI is InChI=1S/C17H19BrFNS/c1-20-17(12-7-8-14(19)13(18)9-12)16-10-11-5-3-2-4-6-15(11)21-16/h7-10,17,20H,2-6H2,1H3. The molecule has 0 spiro atoms. The predicted molar refractivity (Wildman–Crippen MR) is 90.6 cm³/mol. The van der Waals surface area contributed by atoms with E-state index >= 15 is 0 Å². The van der Waals surface area contributed by atoms with Crippen LogP contribution in [0.4, 0.5) is 4.39 Å². The molecule has 3 rings (SSSR count). The summed E-state index contributed by atoms with van der Waals surface area (Å²) < 4.78 is 14.0. The second kappa shape index (κ2) is 6.59. The van der Waals surface area contributed by atoms with Crippen molar-refractivity contribution in [2.75, 3.05) is 7.05 Å². The van der Waals surface area contributed by atoms with Gasteiger partial charge in [0.25, 0.3) is 0 Å².